The number of hydrogen-bond acceptors (Lipinski definition) is 4. The van der Waals surface area contributed by atoms with Crippen LogP contribution in [0.5, 0.6) is 5.75 Å². The van der Waals surface area contributed by atoms with Gasteiger partial charge in [0.15, 0.2) is 0 Å². The summed E-state index contributed by atoms with van der Waals surface area (Å²) in [5.74, 6) is 0.00769. The number of carbonyl (C=O) groups is 2. The number of halogens is 1. The van der Waals surface area contributed by atoms with Gasteiger partial charge in [-0.05, 0) is 58.6 Å². The fourth-order valence-corrected chi connectivity index (χ4v) is 3.12. The number of benzene rings is 2. The van der Waals surface area contributed by atoms with Crippen LogP contribution in [0.1, 0.15) is 16.8 Å². The van der Waals surface area contributed by atoms with E-state index in [2.05, 4.69) is 26.6 Å². The zero-order chi connectivity index (χ0) is 18.2. The minimum absolute atomic E-state index is 0.0170. The molecule has 3 N–H and O–H groups in total. The zero-order valence-electron chi connectivity index (χ0n) is 13.7. The minimum atomic E-state index is -0.702. The van der Waals surface area contributed by atoms with Crippen LogP contribution in [0.3, 0.4) is 0 Å². The summed E-state index contributed by atoms with van der Waals surface area (Å²) in [5.41, 5.74) is 0.781. The number of phenolic OH excluding ortho intramolecular Hbond substituents is 1. The Morgan fingerprint density at radius 3 is 2.52 bits per heavy atom. The molecule has 0 bridgehead atoms. The van der Waals surface area contributed by atoms with Gasteiger partial charge in [0, 0.05) is 4.47 Å². The van der Waals surface area contributed by atoms with Crippen molar-refractivity contribution >= 4 is 45.2 Å². The Balaban J connectivity index is 2.12. The van der Waals surface area contributed by atoms with Crippen LogP contribution < -0.4 is 10.6 Å². The zero-order valence-corrected chi connectivity index (χ0v) is 16.1. The third-order valence-corrected chi connectivity index (χ3v) is 4.85. The number of thioether (sulfide) groups is 1. The highest BCUT2D eigenvalue weighted by Gasteiger charge is 2.22. The molecule has 25 heavy (non-hydrogen) atoms. The Labute approximate surface area is 159 Å². The molecule has 0 aliphatic heterocycles. The lowest BCUT2D eigenvalue weighted by Gasteiger charge is -2.19. The monoisotopic (exact) mass is 422 g/mol. The first-order valence-electron chi connectivity index (χ1n) is 7.66. The molecule has 7 heteroatoms. The third kappa shape index (κ3) is 5.51. The van der Waals surface area contributed by atoms with Gasteiger partial charge in [-0.2, -0.15) is 11.8 Å². The number of amides is 2. The molecular formula is C18H19BrN2O3S. The second-order valence-electron chi connectivity index (χ2n) is 5.29. The number of hydrogen-bond donors (Lipinski definition) is 3. The second-order valence-corrected chi connectivity index (χ2v) is 7.13. The lowest BCUT2D eigenvalue weighted by atomic mass is 10.1. The van der Waals surface area contributed by atoms with E-state index >= 15 is 0 Å². The largest absolute Gasteiger partial charge is 0.506 e. The highest BCUT2D eigenvalue weighted by molar-refractivity contribution is 9.10. The van der Waals surface area contributed by atoms with Gasteiger partial charge in [0.1, 0.15) is 11.8 Å². The maximum absolute atomic E-state index is 12.6. The second kappa shape index (κ2) is 9.48. The van der Waals surface area contributed by atoms with E-state index in [1.165, 1.54) is 6.07 Å². The number of aromatic hydroxyl groups is 1. The van der Waals surface area contributed by atoms with E-state index in [4.69, 9.17) is 0 Å². The highest BCUT2D eigenvalue weighted by atomic mass is 79.9. The molecule has 132 valence electrons. The maximum Gasteiger partial charge on any atom is 0.253 e. The van der Waals surface area contributed by atoms with Crippen molar-refractivity contribution in [3.63, 3.8) is 0 Å². The Hall–Kier alpha value is -1.99. The number of anilines is 1. The van der Waals surface area contributed by atoms with Crippen LogP contribution in [0, 0.1) is 0 Å². The van der Waals surface area contributed by atoms with Crippen molar-refractivity contribution in [1.82, 2.24) is 5.32 Å². The van der Waals surface area contributed by atoms with Crippen molar-refractivity contribution in [1.29, 1.82) is 0 Å². The number of carbonyl (C=O) groups excluding carboxylic acids is 2. The molecule has 0 saturated heterocycles. The van der Waals surface area contributed by atoms with Crippen molar-refractivity contribution in [3.05, 3.63) is 58.6 Å². The topological polar surface area (TPSA) is 78.4 Å². The highest BCUT2D eigenvalue weighted by Crippen LogP contribution is 2.22. The van der Waals surface area contributed by atoms with Gasteiger partial charge in [-0.25, -0.2) is 0 Å². The SMILES string of the molecule is CSCCC(NC(=O)c1ccccc1Br)C(=O)Nc1ccccc1O. The summed E-state index contributed by atoms with van der Waals surface area (Å²) in [6.07, 6.45) is 2.42. The summed E-state index contributed by atoms with van der Waals surface area (Å²) in [6.45, 7) is 0. The molecule has 2 amide bonds. The Bertz CT molecular complexity index is 755. The number of para-hydroxylation sites is 2. The molecule has 0 heterocycles. The van der Waals surface area contributed by atoms with Gasteiger partial charge >= 0.3 is 0 Å². The third-order valence-electron chi connectivity index (χ3n) is 3.51. The molecule has 2 rings (SSSR count). The summed E-state index contributed by atoms with van der Waals surface area (Å²) in [7, 11) is 0. The predicted octanol–water partition coefficient (Wildman–Crippen LogP) is 3.64. The summed E-state index contributed by atoms with van der Waals surface area (Å²) in [6, 6.07) is 12.8. The van der Waals surface area contributed by atoms with Crippen molar-refractivity contribution in [2.75, 3.05) is 17.3 Å². The van der Waals surface area contributed by atoms with Gasteiger partial charge in [-0.15, -0.1) is 0 Å². The molecular weight excluding hydrogens is 404 g/mol. The van der Waals surface area contributed by atoms with Gasteiger partial charge in [0.2, 0.25) is 5.91 Å². The molecule has 0 saturated carbocycles. The lowest BCUT2D eigenvalue weighted by Crippen LogP contribution is -2.44. The van der Waals surface area contributed by atoms with E-state index in [0.29, 0.717) is 22.1 Å². The van der Waals surface area contributed by atoms with Gasteiger partial charge in [0.05, 0.1) is 11.3 Å². The van der Waals surface area contributed by atoms with Crippen LogP contribution in [0.25, 0.3) is 0 Å². The van der Waals surface area contributed by atoms with E-state index in [-0.39, 0.29) is 17.6 Å². The quantitative estimate of drug-likeness (QED) is 0.595. The molecule has 0 spiro atoms. The average molecular weight is 423 g/mol. The Kier molecular flexibility index (Phi) is 7.33. The standard InChI is InChI=1S/C18H19BrN2O3S/c1-25-11-10-15(18(24)20-14-8-4-5-9-16(14)22)21-17(23)12-6-2-3-7-13(12)19/h2-9,15,22H,10-11H2,1H3,(H,20,24)(H,21,23). The molecule has 2 aromatic rings. The van der Waals surface area contributed by atoms with Crippen molar-refractivity contribution in [3.8, 4) is 5.75 Å². The number of rotatable bonds is 7. The van der Waals surface area contributed by atoms with Gasteiger partial charge in [-0.3, -0.25) is 9.59 Å². The first-order chi connectivity index (χ1) is 12.0. The summed E-state index contributed by atoms with van der Waals surface area (Å²) >= 11 is 4.93. The van der Waals surface area contributed by atoms with Crippen LogP contribution in [0.4, 0.5) is 5.69 Å². The molecule has 1 atom stereocenters. The fourth-order valence-electron chi connectivity index (χ4n) is 2.19. The maximum atomic E-state index is 12.6. The summed E-state index contributed by atoms with van der Waals surface area (Å²) in [5, 5.41) is 15.2. The van der Waals surface area contributed by atoms with E-state index < -0.39 is 6.04 Å². The molecule has 0 aromatic heterocycles. The molecule has 2 aromatic carbocycles. The normalized spacial score (nSPS) is 11.6. The summed E-state index contributed by atoms with van der Waals surface area (Å²) in [4.78, 5) is 25.1. The van der Waals surface area contributed by atoms with Crippen molar-refractivity contribution in [2.45, 2.75) is 12.5 Å². The molecule has 0 radical (unpaired) electrons. The predicted molar refractivity (Wildman–Crippen MR) is 105 cm³/mol. The number of nitrogens with one attached hydrogen (secondary N) is 2. The van der Waals surface area contributed by atoms with Crippen LogP contribution in [-0.4, -0.2) is 35.0 Å². The first-order valence-corrected chi connectivity index (χ1v) is 9.84. The van der Waals surface area contributed by atoms with E-state index in [0.717, 1.165) is 5.75 Å². The molecule has 0 aliphatic rings. The van der Waals surface area contributed by atoms with Crippen LogP contribution in [-0.2, 0) is 4.79 Å². The molecule has 0 aliphatic carbocycles. The van der Waals surface area contributed by atoms with Crippen molar-refractivity contribution < 1.29 is 14.7 Å². The van der Waals surface area contributed by atoms with Gasteiger partial charge in [0.25, 0.3) is 5.91 Å². The average Bonchev–Trinajstić information content (AvgIpc) is 2.60. The molecule has 1 unspecified atom stereocenters. The van der Waals surface area contributed by atoms with Crippen LogP contribution >= 0.6 is 27.7 Å². The minimum Gasteiger partial charge on any atom is -0.506 e. The fraction of sp³-hybridized carbons (Fsp3) is 0.222. The van der Waals surface area contributed by atoms with Crippen LogP contribution in [0.15, 0.2) is 53.0 Å². The smallest absolute Gasteiger partial charge is 0.253 e. The van der Waals surface area contributed by atoms with E-state index in [1.54, 1.807) is 48.2 Å². The molecule has 5 nitrogen and oxygen atoms in total. The van der Waals surface area contributed by atoms with Crippen LogP contribution in [0.2, 0.25) is 0 Å². The number of phenols is 1. The molecule has 0 fully saturated rings. The Morgan fingerprint density at radius 2 is 1.84 bits per heavy atom. The van der Waals surface area contributed by atoms with E-state index in [9.17, 15) is 14.7 Å². The van der Waals surface area contributed by atoms with Crippen molar-refractivity contribution in [2.24, 2.45) is 0 Å². The van der Waals surface area contributed by atoms with Gasteiger partial charge in [-0.1, -0.05) is 24.3 Å². The summed E-state index contributed by atoms with van der Waals surface area (Å²) < 4.78 is 0.664. The first kappa shape index (κ1) is 19.3. The van der Waals surface area contributed by atoms with Gasteiger partial charge < -0.3 is 15.7 Å². The lowest BCUT2D eigenvalue weighted by molar-refractivity contribution is -0.118. The van der Waals surface area contributed by atoms with E-state index in [1.807, 2.05) is 12.3 Å². The Morgan fingerprint density at radius 1 is 1.16 bits per heavy atom.